The third-order valence-corrected chi connectivity index (χ3v) is 5.79. The molecule has 0 aromatic heterocycles. The van der Waals surface area contributed by atoms with Gasteiger partial charge in [0.15, 0.2) is 0 Å². The molecule has 2 aromatic carbocycles. The van der Waals surface area contributed by atoms with Crippen molar-refractivity contribution in [2.75, 3.05) is 10.8 Å². The molecule has 1 aliphatic heterocycles. The van der Waals surface area contributed by atoms with Crippen LogP contribution in [0.2, 0.25) is 5.02 Å². The molecule has 1 aliphatic rings. The van der Waals surface area contributed by atoms with Gasteiger partial charge in [-0.05, 0) is 42.7 Å². The molecule has 2 aromatic rings. The number of hydrogen-bond acceptors (Lipinski definition) is 2. The quantitative estimate of drug-likeness (QED) is 0.852. The lowest BCUT2D eigenvalue weighted by atomic mass is 10.2. The van der Waals surface area contributed by atoms with Crippen LogP contribution in [0.25, 0.3) is 0 Å². The molecule has 3 rings (SSSR count). The molecule has 0 aliphatic carbocycles. The Bertz CT molecular complexity index is 771. The summed E-state index contributed by atoms with van der Waals surface area (Å²) in [7, 11) is -3.60. The van der Waals surface area contributed by atoms with Gasteiger partial charge in [0.25, 0.3) is 10.0 Å². The van der Waals surface area contributed by atoms with Crippen LogP contribution in [0.3, 0.4) is 0 Å². The summed E-state index contributed by atoms with van der Waals surface area (Å²) in [5, 5.41) is 0.264. The average Bonchev–Trinajstić information content (AvgIpc) is 2.86. The topological polar surface area (TPSA) is 37.4 Å². The van der Waals surface area contributed by atoms with Crippen LogP contribution in [0, 0.1) is 6.92 Å². The van der Waals surface area contributed by atoms with E-state index in [1.54, 1.807) is 18.2 Å². The zero-order valence-electron chi connectivity index (χ0n) is 11.0. The Hall–Kier alpha value is -1.52. The molecule has 104 valence electrons. The van der Waals surface area contributed by atoms with Crippen LogP contribution < -0.4 is 4.31 Å². The first-order valence-corrected chi connectivity index (χ1v) is 8.19. The zero-order chi connectivity index (χ0) is 14.3. The number of fused-ring (bicyclic) bond motifs is 1. The Kier molecular flexibility index (Phi) is 3.22. The standard InChI is InChI=1S/C15H14ClNO2S/c1-11-6-7-13(16)15(10-11)20(18,19)17-9-8-12-4-2-3-5-14(12)17/h2-7,10H,8-9H2,1H3. The van der Waals surface area contributed by atoms with Crippen molar-refractivity contribution in [2.45, 2.75) is 18.2 Å². The van der Waals surface area contributed by atoms with Crippen molar-refractivity contribution in [3.63, 3.8) is 0 Å². The lowest BCUT2D eigenvalue weighted by Crippen LogP contribution is -2.29. The number of para-hydroxylation sites is 1. The SMILES string of the molecule is Cc1ccc(Cl)c(S(=O)(=O)N2CCc3ccccc32)c1. The van der Waals surface area contributed by atoms with Gasteiger partial charge in [-0.2, -0.15) is 0 Å². The maximum atomic E-state index is 12.8. The van der Waals surface area contributed by atoms with E-state index in [0.717, 1.165) is 23.2 Å². The van der Waals surface area contributed by atoms with E-state index < -0.39 is 10.0 Å². The highest BCUT2D eigenvalue weighted by molar-refractivity contribution is 7.93. The lowest BCUT2D eigenvalue weighted by Gasteiger charge is -2.20. The van der Waals surface area contributed by atoms with Crippen molar-refractivity contribution in [1.82, 2.24) is 0 Å². The zero-order valence-corrected chi connectivity index (χ0v) is 12.6. The molecule has 1 heterocycles. The molecule has 0 unspecified atom stereocenters. The Morgan fingerprint density at radius 1 is 1.15 bits per heavy atom. The number of aryl methyl sites for hydroxylation is 1. The normalized spacial score (nSPS) is 14.4. The van der Waals surface area contributed by atoms with Gasteiger partial charge in [0.1, 0.15) is 4.90 Å². The number of halogens is 1. The molecule has 0 bridgehead atoms. The summed E-state index contributed by atoms with van der Waals surface area (Å²) in [6.45, 7) is 2.32. The molecule has 0 saturated heterocycles. The van der Waals surface area contributed by atoms with Gasteiger partial charge in [-0.3, -0.25) is 4.31 Å². The Labute approximate surface area is 123 Å². The number of sulfonamides is 1. The summed E-state index contributed by atoms with van der Waals surface area (Å²) in [4.78, 5) is 0.177. The third kappa shape index (κ3) is 2.09. The summed E-state index contributed by atoms with van der Waals surface area (Å²) >= 11 is 6.08. The Balaban J connectivity index is 2.13. The van der Waals surface area contributed by atoms with Crippen molar-refractivity contribution in [3.05, 3.63) is 58.6 Å². The molecule has 20 heavy (non-hydrogen) atoms. The molecule has 0 atom stereocenters. The maximum absolute atomic E-state index is 12.8. The first kappa shape index (κ1) is 13.5. The number of benzene rings is 2. The van der Waals surface area contributed by atoms with Gasteiger partial charge in [-0.25, -0.2) is 8.42 Å². The van der Waals surface area contributed by atoms with Crippen molar-refractivity contribution in [3.8, 4) is 0 Å². The molecular formula is C15H14ClNO2S. The van der Waals surface area contributed by atoms with Gasteiger partial charge in [0.2, 0.25) is 0 Å². The summed E-state index contributed by atoms with van der Waals surface area (Å²) in [5.41, 5.74) is 2.69. The van der Waals surface area contributed by atoms with Gasteiger partial charge in [-0.15, -0.1) is 0 Å². The van der Waals surface area contributed by atoms with Crippen LogP contribution in [0.1, 0.15) is 11.1 Å². The molecule has 3 nitrogen and oxygen atoms in total. The smallest absolute Gasteiger partial charge is 0.265 e. The molecule has 0 N–H and O–H groups in total. The molecule has 0 spiro atoms. The molecule has 0 amide bonds. The summed E-state index contributed by atoms with van der Waals surface area (Å²) in [6, 6.07) is 12.6. The van der Waals surface area contributed by atoms with Gasteiger partial charge in [-0.1, -0.05) is 35.9 Å². The number of rotatable bonds is 2. The van der Waals surface area contributed by atoms with Crippen LogP contribution in [0.5, 0.6) is 0 Å². The minimum Gasteiger partial charge on any atom is -0.266 e. The van der Waals surface area contributed by atoms with Crippen molar-refractivity contribution < 1.29 is 8.42 Å². The summed E-state index contributed by atoms with van der Waals surface area (Å²) < 4.78 is 27.1. The second-order valence-electron chi connectivity index (χ2n) is 4.89. The van der Waals surface area contributed by atoms with E-state index in [-0.39, 0.29) is 9.92 Å². The third-order valence-electron chi connectivity index (χ3n) is 3.50. The predicted octanol–water partition coefficient (Wildman–Crippen LogP) is 3.40. The summed E-state index contributed by atoms with van der Waals surface area (Å²) in [5.74, 6) is 0. The van der Waals surface area contributed by atoms with Gasteiger partial charge >= 0.3 is 0 Å². The van der Waals surface area contributed by atoms with Crippen molar-refractivity contribution >= 4 is 27.3 Å². The summed E-state index contributed by atoms with van der Waals surface area (Å²) in [6.07, 6.45) is 0.735. The van der Waals surface area contributed by atoms with Crippen LogP contribution in [-0.4, -0.2) is 15.0 Å². The Morgan fingerprint density at radius 3 is 2.70 bits per heavy atom. The van der Waals surface area contributed by atoms with Crippen molar-refractivity contribution in [2.24, 2.45) is 0 Å². The lowest BCUT2D eigenvalue weighted by molar-refractivity contribution is 0.592. The van der Waals surface area contributed by atoms with E-state index in [1.165, 1.54) is 4.31 Å². The van der Waals surface area contributed by atoms with Crippen molar-refractivity contribution in [1.29, 1.82) is 0 Å². The van der Waals surface area contributed by atoms with Gasteiger partial charge in [0.05, 0.1) is 10.7 Å². The van der Waals surface area contributed by atoms with E-state index in [9.17, 15) is 8.42 Å². The number of anilines is 1. The second kappa shape index (κ2) is 4.79. The number of nitrogens with zero attached hydrogens (tertiary/aromatic N) is 1. The highest BCUT2D eigenvalue weighted by Crippen LogP contribution is 2.34. The van der Waals surface area contributed by atoms with Crippen LogP contribution in [0.4, 0.5) is 5.69 Å². The molecule has 0 fully saturated rings. The minimum atomic E-state index is -3.60. The first-order valence-electron chi connectivity index (χ1n) is 6.37. The van der Waals surface area contributed by atoms with E-state index in [1.807, 2.05) is 31.2 Å². The number of hydrogen-bond donors (Lipinski definition) is 0. The van der Waals surface area contributed by atoms with Crippen LogP contribution in [-0.2, 0) is 16.4 Å². The van der Waals surface area contributed by atoms with E-state index in [2.05, 4.69) is 0 Å². The van der Waals surface area contributed by atoms with Crippen LogP contribution in [0.15, 0.2) is 47.4 Å². The molecule has 5 heteroatoms. The molecular weight excluding hydrogens is 294 g/mol. The fraction of sp³-hybridized carbons (Fsp3) is 0.200. The predicted molar refractivity (Wildman–Crippen MR) is 80.9 cm³/mol. The molecule has 0 radical (unpaired) electrons. The second-order valence-corrected chi connectivity index (χ2v) is 7.13. The van der Waals surface area contributed by atoms with E-state index in [4.69, 9.17) is 11.6 Å². The van der Waals surface area contributed by atoms with E-state index in [0.29, 0.717) is 6.54 Å². The van der Waals surface area contributed by atoms with Crippen LogP contribution >= 0.6 is 11.6 Å². The monoisotopic (exact) mass is 307 g/mol. The maximum Gasteiger partial charge on any atom is 0.265 e. The highest BCUT2D eigenvalue weighted by Gasteiger charge is 2.31. The van der Waals surface area contributed by atoms with E-state index >= 15 is 0 Å². The fourth-order valence-corrected chi connectivity index (χ4v) is 4.55. The molecule has 0 saturated carbocycles. The highest BCUT2D eigenvalue weighted by atomic mass is 35.5. The minimum absolute atomic E-state index is 0.177. The fourth-order valence-electron chi connectivity index (χ4n) is 2.48. The van der Waals surface area contributed by atoms with Gasteiger partial charge < -0.3 is 0 Å². The van der Waals surface area contributed by atoms with Gasteiger partial charge in [0, 0.05) is 6.54 Å². The first-order chi connectivity index (χ1) is 9.50. The largest absolute Gasteiger partial charge is 0.266 e. The Morgan fingerprint density at radius 2 is 1.90 bits per heavy atom. The average molecular weight is 308 g/mol.